The highest BCUT2D eigenvalue weighted by atomic mass is 127. The van der Waals surface area contributed by atoms with E-state index >= 15 is 0 Å². The van der Waals surface area contributed by atoms with Crippen LogP contribution in [0, 0.1) is 6.92 Å². The lowest BCUT2D eigenvalue weighted by atomic mass is 10.3. The van der Waals surface area contributed by atoms with Gasteiger partial charge in [0.25, 0.3) is 0 Å². The number of guanidine groups is 1. The van der Waals surface area contributed by atoms with E-state index in [0.717, 1.165) is 36.4 Å². The number of hydrogen-bond acceptors (Lipinski definition) is 2. The third kappa shape index (κ3) is 4.36. The lowest BCUT2D eigenvalue weighted by Gasteiger charge is -2.03. The van der Waals surface area contributed by atoms with E-state index in [-0.39, 0.29) is 24.0 Å². The first-order chi connectivity index (χ1) is 9.20. The summed E-state index contributed by atoms with van der Waals surface area (Å²) in [6.45, 7) is 5.58. The van der Waals surface area contributed by atoms with Crippen LogP contribution < -0.4 is 11.1 Å². The maximum Gasteiger partial charge on any atom is 0.188 e. The molecule has 3 N–H and O–H groups in total. The molecule has 0 unspecified atom stereocenters. The van der Waals surface area contributed by atoms with Crippen LogP contribution in [0.25, 0.3) is 5.65 Å². The second-order valence-electron chi connectivity index (χ2n) is 4.61. The van der Waals surface area contributed by atoms with Crippen molar-refractivity contribution in [1.82, 2.24) is 14.7 Å². The molecule has 0 radical (unpaired) electrons. The van der Waals surface area contributed by atoms with E-state index in [9.17, 15) is 0 Å². The summed E-state index contributed by atoms with van der Waals surface area (Å²) in [5, 5.41) is 3.09. The summed E-state index contributed by atoms with van der Waals surface area (Å²) in [5.74, 6) is 0.488. The Morgan fingerprint density at radius 3 is 2.95 bits per heavy atom. The second-order valence-corrected chi connectivity index (χ2v) is 4.61. The number of nitrogens with two attached hydrogens (primary N) is 1. The van der Waals surface area contributed by atoms with Gasteiger partial charge >= 0.3 is 0 Å². The predicted octanol–water partition coefficient (Wildman–Crippen LogP) is 2.47. The maximum atomic E-state index is 5.79. The van der Waals surface area contributed by atoms with Crippen LogP contribution in [0.5, 0.6) is 0 Å². The molecule has 2 rings (SSSR count). The van der Waals surface area contributed by atoms with Crippen LogP contribution in [0.15, 0.2) is 29.4 Å². The molecule has 0 aromatic carbocycles. The smallest absolute Gasteiger partial charge is 0.188 e. The third-order valence-electron chi connectivity index (χ3n) is 2.99. The normalized spacial score (nSPS) is 11.4. The van der Waals surface area contributed by atoms with E-state index < -0.39 is 0 Å². The minimum Gasteiger partial charge on any atom is -0.370 e. The summed E-state index contributed by atoms with van der Waals surface area (Å²) in [4.78, 5) is 8.81. The number of halogens is 1. The Hall–Kier alpha value is -1.31. The number of aliphatic imine (C=N–C) groups is 1. The first-order valence-electron chi connectivity index (χ1n) is 6.68. The Balaban J connectivity index is 0.00000200. The van der Waals surface area contributed by atoms with E-state index in [1.807, 2.05) is 18.3 Å². The molecule has 0 fully saturated rings. The molecule has 0 atom stereocenters. The number of nitrogens with one attached hydrogen (secondary N) is 1. The average molecular weight is 387 g/mol. The largest absolute Gasteiger partial charge is 0.370 e. The van der Waals surface area contributed by atoms with Crippen LogP contribution >= 0.6 is 24.0 Å². The molecule has 0 bridgehead atoms. The topological polar surface area (TPSA) is 67.7 Å². The molecular formula is C14H22IN5. The van der Waals surface area contributed by atoms with Crippen molar-refractivity contribution < 1.29 is 0 Å². The molecular weight excluding hydrogens is 365 g/mol. The van der Waals surface area contributed by atoms with Crippen molar-refractivity contribution in [1.29, 1.82) is 0 Å². The SMILES string of the molecule is CCCCNC(N)=NCc1cn2c(C)cccc2n1.I. The van der Waals surface area contributed by atoms with Gasteiger partial charge < -0.3 is 15.5 Å². The van der Waals surface area contributed by atoms with Gasteiger partial charge in [0.05, 0.1) is 12.2 Å². The molecule has 2 aromatic heterocycles. The highest BCUT2D eigenvalue weighted by Crippen LogP contribution is 2.08. The Kier molecular flexibility index (Phi) is 6.77. The van der Waals surface area contributed by atoms with Crippen LogP contribution in [0.3, 0.4) is 0 Å². The fraction of sp³-hybridized carbons (Fsp3) is 0.429. The monoisotopic (exact) mass is 387 g/mol. The van der Waals surface area contributed by atoms with Crippen molar-refractivity contribution in [3.05, 3.63) is 35.8 Å². The summed E-state index contributed by atoms with van der Waals surface area (Å²) in [7, 11) is 0. The van der Waals surface area contributed by atoms with Crippen LogP contribution in [0.1, 0.15) is 31.2 Å². The molecule has 0 saturated carbocycles. The fourth-order valence-corrected chi connectivity index (χ4v) is 1.89. The lowest BCUT2D eigenvalue weighted by molar-refractivity contribution is 0.747. The van der Waals surface area contributed by atoms with Crippen molar-refractivity contribution in [3.8, 4) is 0 Å². The van der Waals surface area contributed by atoms with Gasteiger partial charge in [-0.1, -0.05) is 19.4 Å². The Bertz CT molecular complexity index is 576. The molecule has 20 heavy (non-hydrogen) atoms. The summed E-state index contributed by atoms with van der Waals surface area (Å²) in [6.07, 6.45) is 4.25. The van der Waals surface area contributed by atoms with Gasteiger partial charge in [0.1, 0.15) is 5.65 Å². The number of rotatable bonds is 5. The van der Waals surface area contributed by atoms with E-state index in [2.05, 4.69) is 39.6 Å². The quantitative estimate of drug-likeness (QED) is 0.359. The summed E-state index contributed by atoms with van der Waals surface area (Å²) >= 11 is 0. The second kappa shape index (κ2) is 8.08. The van der Waals surface area contributed by atoms with Crippen LogP contribution in [0.4, 0.5) is 0 Å². The first kappa shape index (κ1) is 16.7. The van der Waals surface area contributed by atoms with Crippen molar-refractivity contribution in [2.75, 3.05) is 6.54 Å². The number of imidazole rings is 1. The fourth-order valence-electron chi connectivity index (χ4n) is 1.89. The van der Waals surface area contributed by atoms with Gasteiger partial charge in [0.15, 0.2) is 5.96 Å². The van der Waals surface area contributed by atoms with Crippen molar-refractivity contribution in [3.63, 3.8) is 0 Å². The lowest BCUT2D eigenvalue weighted by Crippen LogP contribution is -2.32. The van der Waals surface area contributed by atoms with Gasteiger partial charge in [-0.2, -0.15) is 0 Å². The average Bonchev–Trinajstić information content (AvgIpc) is 2.81. The standard InChI is InChI=1S/C14H21N5.HI/c1-3-4-8-16-14(15)17-9-12-10-19-11(2)6-5-7-13(19)18-12;/h5-7,10H,3-4,8-9H2,1-2H3,(H3,15,16,17);1H. The minimum atomic E-state index is 0. The van der Waals surface area contributed by atoms with E-state index in [0.29, 0.717) is 12.5 Å². The van der Waals surface area contributed by atoms with Crippen LogP contribution in [-0.4, -0.2) is 21.9 Å². The number of pyridine rings is 1. The minimum absolute atomic E-state index is 0. The summed E-state index contributed by atoms with van der Waals surface area (Å²) < 4.78 is 2.06. The van der Waals surface area contributed by atoms with Gasteiger partial charge in [-0.15, -0.1) is 24.0 Å². The molecule has 2 heterocycles. The molecule has 110 valence electrons. The highest BCUT2D eigenvalue weighted by Gasteiger charge is 2.02. The number of nitrogens with zero attached hydrogens (tertiary/aromatic N) is 3. The van der Waals surface area contributed by atoms with Gasteiger partial charge in [0.2, 0.25) is 0 Å². The molecule has 0 saturated heterocycles. The molecule has 0 spiro atoms. The number of hydrogen-bond donors (Lipinski definition) is 2. The van der Waals surface area contributed by atoms with E-state index in [4.69, 9.17) is 5.73 Å². The van der Waals surface area contributed by atoms with Gasteiger partial charge in [-0.3, -0.25) is 0 Å². The van der Waals surface area contributed by atoms with E-state index in [1.165, 1.54) is 0 Å². The zero-order chi connectivity index (χ0) is 13.7. The maximum absolute atomic E-state index is 5.79. The molecule has 0 aliphatic heterocycles. The van der Waals surface area contributed by atoms with Crippen molar-refractivity contribution >= 4 is 35.6 Å². The van der Waals surface area contributed by atoms with Gasteiger partial charge in [-0.25, -0.2) is 9.98 Å². The Morgan fingerprint density at radius 1 is 1.45 bits per heavy atom. The highest BCUT2D eigenvalue weighted by molar-refractivity contribution is 14.0. The predicted molar refractivity (Wildman–Crippen MR) is 93.6 cm³/mol. The molecule has 5 nitrogen and oxygen atoms in total. The van der Waals surface area contributed by atoms with Crippen LogP contribution in [-0.2, 0) is 6.54 Å². The first-order valence-corrected chi connectivity index (χ1v) is 6.68. The Labute approximate surface area is 136 Å². The number of unbranched alkanes of at least 4 members (excludes halogenated alkanes) is 1. The van der Waals surface area contributed by atoms with Gasteiger partial charge in [-0.05, 0) is 25.5 Å². The zero-order valence-corrected chi connectivity index (χ0v) is 14.3. The van der Waals surface area contributed by atoms with E-state index in [1.54, 1.807) is 0 Å². The summed E-state index contributed by atoms with van der Waals surface area (Å²) in [6, 6.07) is 6.05. The Morgan fingerprint density at radius 2 is 2.25 bits per heavy atom. The third-order valence-corrected chi connectivity index (χ3v) is 2.99. The number of aromatic nitrogens is 2. The molecule has 0 aliphatic carbocycles. The molecule has 0 amide bonds. The van der Waals surface area contributed by atoms with Gasteiger partial charge in [0, 0.05) is 18.4 Å². The van der Waals surface area contributed by atoms with Crippen molar-refractivity contribution in [2.24, 2.45) is 10.7 Å². The van der Waals surface area contributed by atoms with Crippen molar-refractivity contribution in [2.45, 2.75) is 33.2 Å². The molecule has 0 aliphatic rings. The zero-order valence-electron chi connectivity index (χ0n) is 12.0. The molecule has 2 aromatic rings. The summed E-state index contributed by atoms with van der Waals surface area (Å²) in [5.41, 5.74) is 8.82. The molecule has 6 heteroatoms. The number of fused-ring (bicyclic) bond motifs is 1. The number of aryl methyl sites for hydroxylation is 1. The van der Waals surface area contributed by atoms with Crippen LogP contribution in [0.2, 0.25) is 0 Å².